The van der Waals surface area contributed by atoms with Crippen LogP contribution in [0, 0.1) is 19.8 Å². The number of nitrogens with one attached hydrogen (secondary N) is 2. The summed E-state index contributed by atoms with van der Waals surface area (Å²) in [7, 11) is 0. The molecule has 5 heteroatoms. The highest BCUT2D eigenvalue weighted by atomic mass is 79.9. The van der Waals surface area contributed by atoms with E-state index >= 15 is 0 Å². The van der Waals surface area contributed by atoms with Crippen LogP contribution in [0.4, 0.5) is 0 Å². The van der Waals surface area contributed by atoms with Crippen LogP contribution in [-0.2, 0) is 0 Å². The molecule has 1 saturated heterocycles. The molecule has 2 N–H and O–H groups in total. The fourth-order valence-electron chi connectivity index (χ4n) is 3.48. The number of nitrogens with zero attached hydrogens (tertiary/aromatic N) is 1. The van der Waals surface area contributed by atoms with Crippen LogP contribution >= 0.6 is 15.9 Å². The van der Waals surface area contributed by atoms with Crippen molar-refractivity contribution in [3.05, 3.63) is 51.8 Å². The van der Waals surface area contributed by atoms with Gasteiger partial charge in [0.25, 0.3) is 5.91 Å². The van der Waals surface area contributed by atoms with Gasteiger partial charge < -0.3 is 15.2 Å². The van der Waals surface area contributed by atoms with Gasteiger partial charge in [-0.25, -0.2) is 0 Å². The number of carbonyl (C=O) groups is 1. The summed E-state index contributed by atoms with van der Waals surface area (Å²) in [5.41, 5.74) is 3.87. The maximum atomic E-state index is 12.8. The molecule has 3 rings (SSSR count). The van der Waals surface area contributed by atoms with Gasteiger partial charge in [-0.2, -0.15) is 0 Å². The molecule has 24 heavy (non-hydrogen) atoms. The first-order valence-electron chi connectivity index (χ1n) is 8.44. The molecule has 2 unspecified atom stereocenters. The monoisotopic (exact) mass is 389 g/mol. The Bertz CT molecular complexity index is 753. The molecule has 1 fully saturated rings. The zero-order chi connectivity index (χ0) is 17.3. The molecule has 1 aromatic heterocycles. The van der Waals surface area contributed by atoms with E-state index in [4.69, 9.17) is 0 Å². The largest absolute Gasteiger partial charge is 0.349 e. The van der Waals surface area contributed by atoms with Crippen LogP contribution in [-0.4, -0.2) is 29.6 Å². The van der Waals surface area contributed by atoms with Crippen LogP contribution in [0.1, 0.15) is 35.1 Å². The minimum Gasteiger partial charge on any atom is -0.349 e. The summed E-state index contributed by atoms with van der Waals surface area (Å²) in [5, 5.41) is 6.60. The molecule has 2 aromatic rings. The van der Waals surface area contributed by atoms with Crippen molar-refractivity contribution in [3.63, 3.8) is 0 Å². The molecule has 128 valence electrons. The number of amides is 1. The third-order valence-corrected chi connectivity index (χ3v) is 5.34. The molecule has 1 aliphatic rings. The van der Waals surface area contributed by atoms with Gasteiger partial charge in [-0.3, -0.25) is 4.79 Å². The first-order valence-corrected chi connectivity index (χ1v) is 9.23. The highest BCUT2D eigenvalue weighted by molar-refractivity contribution is 9.10. The third kappa shape index (κ3) is 3.42. The summed E-state index contributed by atoms with van der Waals surface area (Å²) in [6.45, 7) is 8.16. The number of hydrogen-bond donors (Lipinski definition) is 2. The van der Waals surface area contributed by atoms with Gasteiger partial charge in [-0.15, -0.1) is 0 Å². The van der Waals surface area contributed by atoms with Crippen molar-refractivity contribution < 1.29 is 4.79 Å². The lowest BCUT2D eigenvalue weighted by Crippen LogP contribution is -2.48. The summed E-state index contributed by atoms with van der Waals surface area (Å²) in [4.78, 5) is 12.8. The van der Waals surface area contributed by atoms with E-state index in [9.17, 15) is 4.79 Å². The van der Waals surface area contributed by atoms with Gasteiger partial charge in [-0.05, 0) is 63.5 Å². The Hall–Kier alpha value is -1.59. The van der Waals surface area contributed by atoms with Gasteiger partial charge in [0, 0.05) is 27.6 Å². The van der Waals surface area contributed by atoms with Crippen LogP contribution in [0.3, 0.4) is 0 Å². The Morgan fingerprint density at radius 2 is 2.12 bits per heavy atom. The number of carbonyl (C=O) groups excluding carboxylic acids is 1. The average molecular weight is 390 g/mol. The molecule has 4 nitrogen and oxygen atoms in total. The fraction of sp³-hybridized carbons (Fsp3) is 0.421. The van der Waals surface area contributed by atoms with Gasteiger partial charge >= 0.3 is 0 Å². The van der Waals surface area contributed by atoms with Crippen LogP contribution in [0.15, 0.2) is 34.8 Å². The Morgan fingerprint density at radius 3 is 2.83 bits per heavy atom. The van der Waals surface area contributed by atoms with Crippen LogP contribution in [0.5, 0.6) is 0 Å². The molecule has 0 saturated carbocycles. The number of aryl methyl sites for hydroxylation is 1. The second kappa shape index (κ2) is 7.11. The van der Waals surface area contributed by atoms with Crippen LogP contribution in [0.25, 0.3) is 5.69 Å². The number of rotatable bonds is 3. The van der Waals surface area contributed by atoms with Gasteiger partial charge in [-0.1, -0.05) is 28.9 Å². The number of hydrogen-bond acceptors (Lipinski definition) is 2. The summed E-state index contributed by atoms with van der Waals surface area (Å²) in [5.74, 6) is 0.486. The predicted molar refractivity (Wildman–Crippen MR) is 101 cm³/mol. The summed E-state index contributed by atoms with van der Waals surface area (Å²) < 4.78 is 3.16. The number of halogens is 1. The lowest BCUT2D eigenvalue weighted by molar-refractivity contribution is 0.0913. The molecule has 0 spiro atoms. The predicted octanol–water partition coefficient (Wildman–Crippen LogP) is 3.58. The second-order valence-electron chi connectivity index (χ2n) is 6.65. The Labute approximate surface area is 151 Å². The maximum absolute atomic E-state index is 12.8. The lowest BCUT2D eigenvalue weighted by atomic mass is 9.95. The van der Waals surface area contributed by atoms with Crippen molar-refractivity contribution in [2.24, 2.45) is 5.92 Å². The van der Waals surface area contributed by atoms with Gasteiger partial charge in [0.15, 0.2) is 0 Å². The summed E-state index contributed by atoms with van der Waals surface area (Å²) in [6.07, 6.45) is 0.983. The first kappa shape index (κ1) is 17.2. The van der Waals surface area contributed by atoms with E-state index in [1.807, 2.05) is 32.0 Å². The second-order valence-corrected chi connectivity index (χ2v) is 7.57. The number of piperidine rings is 1. The van der Waals surface area contributed by atoms with E-state index in [0.29, 0.717) is 5.92 Å². The maximum Gasteiger partial charge on any atom is 0.253 e. The van der Waals surface area contributed by atoms with Crippen molar-refractivity contribution in [1.29, 1.82) is 0 Å². The molecule has 2 atom stereocenters. The number of aromatic nitrogens is 1. The Kier molecular flexibility index (Phi) is 5.11. The van der Waals surface area contributed by atoms with E-state index < -0.39 is 0 Å². The molecule has 2 heterocycles. The average Bonchev–Trinajstić information content (AvgIpc) is 2.84. The third-order valence-electron chi connectivity index (χ3n) is 4.84. The van der Waals surface area contributed by atoms with Crippen molar-refractivity contribution in [2.45, 2.75) is 33.2 Å². The van der Waals surface area contributed by atoms with E-state index in [1.165, 1.54) is 0 Å². The zero-order valence-electron chi connectivity index (χ0n) is 14.4. The first-order chi connectivity index (χ1) is 11.5. The van der Waals surface area contributed by atoms with Gasteiger partial charge in [0.1, 0.15) is 0 Å². The SMILES string of the molecule is Cc1cc(C(=O)NC2CCNCC2C)c(C)n1-c1cccc(Br)c1. The highest BCUT2D eigenvalue weighted by Gasteiger charge is 2.25. The molecular formula is C19H24BrN3O. The van der Waals surface area contributed by atoms with Crippen LogP contribution in [0.2, 0.25) is 0 Å². The van der Waals surface area contributed by atoms with Gasteiger partial charge in [0.05, 0.1) is 5.56 Å². The highest BCUT2D eigenvalue weighted by Crippen LogP contribution is 2.23. The van der Waals surface area contributed by atoms with E-state index in [1.54, 1.807) is 0 Å². The smallest absolute Gasteiger partial charge is 0.253 e. The molecule has 1 aliphatic heterocycles. The molecule has 0 aliphatic carbocycles. The summed E-state index contributed by atoms with van der Waals surface area (Å²) >= 11 is 3.52. The standard InChI is InChI=1S/C19H24BrN3O/c1-12-11-21-8-7-18(12)22-19(24)17-9-13(2)23(14(17)3)16-6-4-5-15(20)10-16/h4-6,9-10,12,18,21H,7-8,11H2,1-3H3,(H,22,24). The van der Waals surface area contributed by atoms with E-state index in [2.05, 4.69) is 50.2 Å². The molecular weight excluding hydrogens is 366 g/mol. The van der Waals surface area contributed by atoms with Crippen molar-refractivity contribution >= 4 is 21.8 Å². The molecule has 1 aromatic carbocycles. The lowest BCUT2D eigenvalue weighted by Gasteiger charge is -2.30. The zero-order valence-corrected chi connectivity index (χ0v) is 16.0. The quantitative estimate of drug-likeness (QED) is 0.842. The van der Waals surface area contributed by atoms with E-state index in [0.717, 1.165) is 46.6 Å². The summed E-state index contributed by atoms with van der Waals surface area (Å²) in [6, 6.07) is 10.4. The molecule has 1 amide bonds. The minimum absolute atomic E-state index is 0.0306. The topological polar surface area (TPSA) is 46.1 Å². The fourth-order valence-corrected chi connectivity index (χ4v) is 3.87. The van der Waals surface area contributed by atoms with Crippen molar-refractivity contribution in [2.75, 3.05) is 13.1 Å². The minimum atomic E-state index is 0.0306. The molecule has 0 radical (unpaired) electrons. The Balaban J connectivity index is 1.87. The normalized spacial score (nSPS) is 20.8. The van der Waals surface area contributed by atoms with Crippen LogP contribution < -0.4 is 10.6 Å². The van der Waals surface area contributed by atoms with Gasteiger partial charge in [0.2, 0.25) is 0 Å². The number of benzene rings is 1. The Morgan fingerprint density at radius 1 is 1.33 bits per heavy atom. The molecule has 0 bridgehead atoms. The van der Waals surface area contributed by atoms with Crippen molar-refractivity contribution in [1.82, 2.24) is 15.2 Å². The van der Waals surface area contributed by atoms with E-state index in [-0.39, 0.29) is 11.9 Å². The van der Waals surface area contributed by atoms with Crippen molar-refractivity contribution in [3.8, 4) is 5.69 Å².